The van der Waals surface area contributed by atoms with Gasteiger partial charge in [-0.2, -0.15) is 0 Å². The molecule has 0 fully saturated rings. The average Bonchev–Trinajstić information content (AvgIpc) is 1.65. The number of carbonyl (C=O) groups excluding carboxylic acids is 1. The minimum atomic E-state index is -1.13. The Labute approximate surface area is 49.2 Å². The van der Waals surface area contributed by atoms with Crippen LogP contribution in [0.15, 0.2) is 0 Å². The molecule has 0 aromatic rings. The standard InChI is InChI=1S/C3H8NO3P/c4-1-2(5)7-3(6)8/h3,6H,1,4,8H2. The maximum Gasteiger partial charge on any atom is 0.322 e. The normalized spacial score (nSPS) is 12.9. The van der Waals surface area contributed by atoms with Gasteiger partial charge < -0.3 is 15.6 Å². The minimum absolute atomic E-state index is 0.203. The molecule has 0 saturated carbocycles. The fourth-order valence-electron chi connectivity index (χ4n) is 0.183. The largest absolute Gasteiger partial charge is 0.432 e. The first-order valence-electron chi connectivity index (χ1n) is 2.00. The predicted molar refractivity (Wildman–Crippen MR) is 30.9 cm³/mol. The van der Waals surface area contributed by atoms with Gasteiger partial charge in [-0.25, -0.2) is 0 Å². The van der Waals surface area contributed by atoms with Crippen LogP contribution in [0, 0.1) is 0 Å². The Balaban J connectivity index is 3.25. The van der Waals surface area contributed by atoms with Crippen LogP contribution in [0.5, 0.6) is 0 Å². The highest BCUT2D eigenvalue weighted by Gasteiger charge is 2.00. The van der Waals surface area contributed by atoms with Gasteiger partial charge in [-0.05, 0) is 0 Å². The van der Waals surface area contributed by atoms with Crippen LogP contribution in [0.2, 0.25) is 0 Å². The van der Waals surface area contributed by atoms with Crippen LogP contribution >= 0.6 is 9.24 Å². The summed E-state index contributed by atoms with van der Waals surface area (Å²) in [6.07, 6.45) is 0. The zero-order valence-corrected chi connectivity index (χ0v) is 5.36. The summed E-state index contributed by atoms with van der Waals surface area (Å²) in [5, 5.41) is 8.32. The summed E-state index contributed by atoms with van der Waals surface area (Å²) < 4.78 is 4.15. The van der Waals surface area contributed by atoms with E-state index >= 15 is 0 Å². The van der Waals surface area contributed by atoms with Gasteiger partial charge in [0.1, 0.15) is 0 Å². The lowest BCUT2D eigenvalue weighted by molar-refractivity contribution is -0.153. The number of hydrogen-bond donors (Lipinski definition) is 2. The molecule has 2 atom stereocenters. The Morgan fingerprint density at radius 2 is 2.50 bits per heavy atom. The Morgan fingerprint density at radius 3 is 2.62 bits per heavy atom. The molecule has 0 spiro atoms. The Hall–Kier alpha value is -0.180. The molecular weight excluding hydrogens is 129 g/mol. The SMILES string of the molecule is NCC(=O)OC(O)P. The summed E-state index contributed by atoms with van der Waals surface area (Å²) in [6, 6.07) is -1.13. The Bertz CT molecular complexity index is 84.6. The summed E-state index contributed by atoms with van der Waals surface area (Å²) >= 11 is 0. The van der Waals surface area contributed by atoms with E-state index in [1.165, 1.54) is 0 Å². The number of aliphatic hydroxyl groups excluding tert-OH is 1. The van der Waals surface area contributed by atoms with Gasteiger partial charge in [-0.15, -0.1) is 0 Å². The van der Waals surface area contributed by atoms with E-state index in [-0.39, 0.29) is 6.54 Å². The second-order valence-electron chi connectivity index (χ2n) is 1.08. The summed E-state index contributed by atoms with van der Waals surface area (Å²) in [5.74, 6) is -0.618. The van der Waals surface area contributed by atoms with Crippen LogP contribution in [0.1, 0.15) is 0 Å². The molecule has 0 aliphatic heterocycles. The molecule has 5 heteroatoms. The molecule has 0 bridgehead atoms. The van der Waals surface area contributed by atoms with Gasteiger partial charge in [-0.3, -0.25) is 4.79 Å². The van der Waals surface area contributed by atoms with Crippen molar-refractivity contribution in [2.24, 2.45) is 5.73 Å². The highest BCUT2D eigenvalue weighted by atomic mass is 31.0. The molecule has 0 aromatic heterocycles. The number of esters is 1. The van der Waals surface area contributed by atoms with Gasteiger partial charge in [0.25, 0.3) is 0 Å². The molecule has 0 heterocycles. The van der Waals surface area contributed by atoms with Crippen molar-refractivity contribution < 1.29 is 14.6 Å². The third-order valence-corrected chi connectivity index (χ3v) is 0.555. The molecule has 0 aliphatic carbocycles. The van der Waals surface area contributed by atoms with E-state index in [4.69, 9.17) is 10.8 Å². The molecule has 0 radical (unpaired) electrons. The number of aliphatic hydroxyl groups is 1. The highest BCUT2D eigenvalue weighted by molar-refractivity contribution is 7.16. The van der Waals surface area contributed by atoms with Crippen molar-refractivity contribution in [2.75, 3.05) is 6.54 Å². The molecule has 0 aliphatic rings. The lowest BCUT2D eigenvalue weighted by atomic mass is 10.7. The van der Waals surface area contributed by atoms with Gasteiger partial charge in [0.2, 0.25) is 6.03 Å². The molecule has 2 unspecified atom stereocenters. The fourth-order valence-corrected chi connectivity index (χ4v) is 0.335. The average molecular weight is 137 g/mol. The van der Waals surface area contributed by atoms with Crippen molar-refractivity contribution in [3.63, 3.8) is 0 Å². The Morgan fingerprint density at radius 1 is 2.00 bits per heavy atom. The molecule has 8 heavy (non-hydrogen) atoms. The molecule has 48 valence electrons. The van der Waals surface area contributed by atoms with Crippen molar-refractivity contribution in [1.29, 1.82) is 0 Å². The van der Waals surface area contributed by atoms with E-state index in [1.807, 2.05) is 9.24 Å². The summed E-state index contributed by atoms with van der Waals surface area (Å²) in [6.45, 7) is -0.203. The topological polar surface area (TPSA) is 72.6 Å². The van der Waals surface area contributed by atoms with Crippen molar-refractivity contribution in [1.82, 2.24) is 0 Å². The summed E-state index contributed by atoms with van der Waals surface area (Å²) in [5.41, 5.74) is 4.83. The molecule has 0 aromatic carbocycles. The van der Waals surface area contributed by atoms with Gasteiger partial charge in [0.15, 0.2) is 0 Å². The molecule has 4 nitrogen and oxygen atoms in total. The number of hydrogen-bond acceptors (Lipinski definition) is 4. The second-order valence-corrected chi connectivity index (χ2v) is 1.65. The third-order valence-electron chi connectivity index (χ3n) is 0.419. The van der Waals surface area contributed by atoms with E-state index in [2.05, 4.69) is 4.74 Å². The van der Waals surface area contributed by atoms with Gasteiger partial charge in [0, 0.05) is 0 Å². The van der Waals surface area contributed by atoms with Gasteiger partial charge >= 0.3 is 5.97 Å². The van der Waals surface area contributed by atoms with Crippen LogP contribution in [0.25, 0.3) is 0 Å². The number of nitrogens with two attached hydrogens (primary N) is 1. The predicted octanol–water partition coefficient (Wildman–Crippen LogP) is -1.36. The first-order chi connectivity index (χ1) is 3.66. The zero-order valence-electron chi connectivity index (χ0n) is 4.20. The van der Waals surface area contributed by atoms with Crippen molar-refractivity contribution >= 4 is 15.2 Å². The summed E-state index contributed by atoms with van der Waals surface area (Å²) in [4.78, 5) is 10.1. The number of ether oxygens (including phenoxy) is 1. The number of rotatable bonds is 2. The molecular formula is C3H8NO3P. The quantitative estimate of drug-likeness (QED) is 0.280. The van der Waals surface area contributed by atoms with E-state index < -0.39 is 12.0 Å². The lowest BCUT2D eigenvalue weighted by Crippen LogP contribution is -2.20. The monoisotopic (exact) mass is 137 g/mol. The molecule has 0 rings (SSSR count). The van der Waals surface area contributed by atoms with Crippen LogP contribution in [0.4, 0.5) is 0 Å². The molecule has 0 saturated heterocycles. The fraction of sp³-hybridized carbons (Fsp3) is 0.667. The maximum absolute atomic E-state index is 10.1. The van der Waals surface area contributed by atoms with E-state index in [0.29, 0.717) is 0 Å². The van der Waals surface area contributed by atoms with Crippen LogP contribution in [0.3, 0.4) is 0 Å². The first kappa shape index (κ1) is 7.82. The van der Waals surface area contributed by atoms with Crippen LogP contribution in [-0.2, 0) is 9.53 Å². The molecule has 0 amide bonds. The van der Waals surface area contributed by atoms with E-state index in [1.54, 1.807) is 0 Å². The summed E-state index contributed by atoms with van der Waals surface area (Å²) in [7, 11) is 1.89. The first-order valence-corrected chi connectivity index (χ1v) is 2.66. The van der Waals surface area contributed by atoms with E-state index in [9.17, 15) is 4.79 Å². The third kappa shape index (κ3) is 3.99. The van der Waals surface area contributed by atoms with Crippen molar-refractivity contribution in [3.05, 3.63) is 0 Å². The smallest absolute Gasteiger partial charge is 0.322 e. The van der Waals surface area contributed by atoms with Crippen LogP contribution in [-0.4, -0.2) is 23.7 Å². The van der Waals surface area contributed by atoms with Crippen molar-refractivity contribution in [3.8, 4) is 0 Å². The zero-order chi connectivity index (χ0) is 6.57. The van der Waals surface area contributed by atoms with Crippen LogP contribution < -0.4 is 5.73 Å². The second kappa shape index (κ2) is 3.78. The number of carbonyl (C=O) groups is 1. The van der Waals surface area contributed by atoms with Gasteiger partial charge in [-0.1, -0.05) is 9.24 Å². The lowest BCUT2D eigenvalue weighted by Gasteiger charge is -2.02. The Kier molecular flexibility index (Phi) is 3.69. The van der Waals surface area contributed by atoms with Crippen molar-refractivity contribution in [2.45, 2.75) is 6.03 Å². The maximum atomic E-state index is 10.1. The molecule has 3 N–H and O–H groups in total. The van der Waals surface area contributed by atoms with E-state index in [0.717, 1.165) is 0 Å². The minimum Gasteiger partial charge on any atom is -0.432 e. The van der Waals surface area contributed by atoms with Gasteiger partial charge in [0.05, 0.1) is 6.54 Å². The highest BCUT2D eigenvalue weighted by Crippen LogP contribution is 1.94.